The molecule has 0 spiro atoms. The third kappa shape index (κ3) is 4.31. The fourth-order valence-electron chi connectivity index (χ4n) is 1.37. The summed E-state index contributed by atoms with van der Waals surface area (Å²) >= 11 is 0. The third-order valence-corrected chi connectivity index (χ3v) is 2.03. The number of nitrogens with zero attached hydrogens (tertiary/aromatic N) is 1. The molecule has 0 unspecified atom stereocenters. The first kappa shape index (κ1) is 13.9. The Bertz CT molecular complexity index is 295. The molecule has 1 aromatic carbocycles. The zero-order valence-corrected chi connectivity index (χ0v) is 8.62. The Balaban J connectivity index is 0.00000196. The molecule has 0 aliphatic heterocycles. The van der Waals surface area contributed by atoms with Gasteiger partial charge < -0.3 is 5.48 Å². The number of rotatable bonds is 2. The van der Waals surface area contributed by atoms with Crippen LogP contribution in [0.5, 0.6) is 0 Å². The number of para-hydroxylation sites is 1. The van der Waals surface area contributed by atoms with Gasteiger partial charge in [-0.3, -0.25) is 4.48 Å². The molecule has 0 atom stereocenters. The molecule has 0 saturated carbocycles. The quantitative estimate of drug-likeness (QED) is 0.706. The SMILES string of the molecule is C[N+](C)(CC(F)(F)F)c1ccccc1.[OH-]. The van der Waals surface area contributed by atoms with Gasteiger partial charge in [-0.15, -0.1) is 0 Å². The van der Waals surface area contributed by atoms with Gasteiger partial charge in [0.1, 0.15) is 5.69 Å². The van der Waals surface area contributed by atoms with Gasteiger partial charge >= 0.3 is 6.18 Å². The number of quaternary nitrogens is 1. The molecule has 2 nitrogen and oxygen atoms in total. The monoisotopic (exact) mass is 221 g/mol. The molecular weight excluding hydrogens is 207 g/mol. The average molecular weight is 221 g/mol. The van der Waals surface area contributed by atoms with Crippen LogP contribution in [0.3, 0.4) is 0 Å². The average Bonchev–Trinajstić information content (AvgIpc) is 2.01. The topological polar surface area (TPSA) is 30.0 Å². The van der Waals surface area contributed by atoms with Gasteiger partial charge in [-0.25, -0.2) is 0 Å². The first-order valence-corrected chi connectivity index (χ1v) is 4.27. The van der Waals surface area contributed by atoms with Crippen molar-refractivity contribution >= 4 is 5.69 Å². The van der Waals surface area contributed by atoms with Crippen LogP contribution >= 0.6 is 0 Å². The molecule has 0 fully saturated rings. The molecule has 0 saturated heterocycles. The largest absolute Gasteiger partial charge is 0.870 e. The molecule has 0 bridgehead atoms. The fourth-order valence-corrected chi connectivity index (χ4v) is 1.37. The Hall–Kier alpha value is -1.07. The summed E-state index contributed by atoms with van der Waals surface area (Å²) in [5.74, 6) is 0. The van der Waals surface area contributed by atoms with Crippen molar-refractivity contribution in [2.45, 2.75) is 6.18 Å². The molecule has 1 rings (SSSR count). The minimum Gasteiger partial charge on any atom is -0.870 e. The molecule has 0 aromatic heterocycles. The molecule has 86 valence electrons. The number of halogens is 3. The van der Waals surface area contributed by atoms with Crippen LogP contribution in [0.2, 0.25) is 0 Å². The Kier molecular flexibility index (Phi) is 4.30. The predicted octanol–water partition coefficient (Wildman–Crippen LogP) is 2.64. The minimum atomic E-state index is -4.14. The van der Waals surface area contributed by atoms with Crippen LogP contribution in [-0.4, -0.2) is 32.3 Å². The standard InChI is InChI=1S/C10H13F3N.H2O/c1-14(2,8-10(11,12)13)9-6-4-3-5-7-9;/h3-7H,8H2,1-2H3;1H2/q+1;/p-1. The molecule has 0 heterocycles. The molecule has 5 heteroatoms. The van der Waals surface area contributed by atoms with Gasteiger partial charge in [0.05, 0.1) is 14.1 Å². The first-order chi connectivity index (χ1) is 6.31. The van der Waals surface area contributed by atoms with Crippen molar-refractivity contribution in [3.63, 3.8) is 0 Å². The van der Waals surface area contributed by atoms with Crippen LogP contribution in [-0.2, 0) is 0 Å². The van der Waals surface area contributed by atoms with Crippen molar-refractivity contribution < 1.29 is 18.6 Å². The molecule has 15 heavy (non-hydrogen) atoms. The summed E-state index contributed by atoms with van der Waals surface area (Å²) in [7, 11) is 3.09. The smallest absolute Gasteiger partial charge is 0.438 e. The highest BCUT2D eigenvalue weighted by atomic mass is 19.4. The van der Waals surface area contributed by atoms with E-state index in [1.54, 1.807) is 44.4 Å². The van der Waals surface area contributed by atoms with E-state index in [2.05, 4.69) is 0 Å². The maximum atomic E-state index is 12.2. The third-order valence-electron chi connectivity index (χ3n) is 2.03. The maximum absolute atomic E-state index is 12.2. The Morgan fingerprint density at radius 1 is 1.07 bits per heavy atom. The van der Waals surface area contributed by atoms with Crippen LogP contribution in [0.4, 0.5) is 18.9 Å². The van der Waals surface area contributed by atoms with Crippen LogP contribution in [0.25, 0.3) is 0 Å². The zero-order chi connectivity index (χ0) is 10.8. The van der Waals surface area contributed by atoms with E-state index in [9.17, 15) is 13.2 Å². The highest BCUT2D eigenvalue weighted by Gasteiger charge is 2.38. The summed E-state index contributed by atoms with van der Waals surface area (Å²) in [6.45, 7) is -0.850. The molecule has 0 radical (unpaired) electrons. The van der Waals surface area contributed by atoms with E-state index in [1.165, 1.54) is 0 Å². The van der Waals surface area contributed by atoms with Gasteiger partial charge in [0.15, 0.2) is 6.54 Å². The van der Waals surface area contributed by atoms with Crippen LogP contribution < -0.4 is 4.48 Å². The first-order valence-electron chi connectivity index (χ1n) is 4.27. The summed E-state index contributed by atoms with van der Waals surface area (Å²) in [5, 5.41) is 0. The Labute approximate surface area is 86.8 Å². The lowest BCUT2D eigenvalue weighted by molar-refractivity contribution is -0.138. The number of hydrogen-bond acceptors (Lipinski definition) is 1. The lowest BCUT2D eigenvalue weighted by Crippen LogP contribution is -2.47. The van der Waals surface area contributed by atoms with Gasteiger partial charge in [-0.1, -0.05) is 18.2 Å². The van der Waals surface area contributed by atoms with E-state index >= 15 is 0 Å². The van der Waals surface area contributed by atoms with E-state index in [0.29, 0.717) is 5.69 Å². The van der Waals surface area contributed by atoms with Gasteiger partial charge in [0.25, 0.3) is 0 Å². The van der Waals surface area contributed by atoms with Crippen molar-refractivity contribution in [1.29, 1.82) is 0 Å². The van der Waals surface area contributed by atoms with Crippen LogP contribution in [0, 0.1) is 0 Å². The molecule has 1 N–H and O–H groups in total. The summed E-state index contributed by atoms with van der Waals surface area (Å²) in [6, 6.07) is 8.67. The molecule has 0 amide bonds. The summed E-state index contributed by atoms with van der Waals surface area (Å²) < 4.78 is 36.5. The maximum Gasteiger partial charge on any atom is 0.438 e. The molecule has 1 aromatic rings. The number of hydrogen-bond donors (Lipinski definition) is 0. The lowest BCUT2D eigenvalue weighted by Gasteiger charge is -2.29. The second-order valence-corrected chi connectivity index (χ2v) is 3.79. The van der Waals surface area contributed by atoms with E-state index in [4.69, 9.17) is 0 Å². The van der Waals surface area contributed by atoms with Gasteiger partial charge in [-0.05, 0) is 12.1 Å². The van der Waals surface area contributed by atoms with Gasteiger partial charge in [-0.2, -0.15) is 13.2 Å². The highest BCUT2D eigenvalue weighted by Crippen LogP contribution is 2.25. The van der Waals surface area contributed by atoms with Crippen molar-refractivity contribution in [1.82, 2.24) is 4.48 Å². The van der Waals surface area contributed by atoms with Crippen molar-refractivity contribution in [2.75, 3.05) is 20.6 Å². The second-order valence-electron chi connectivity index (χ2n) is 3.79. The van der Waals surface area contributed by atoms with Crippen molar-refractivity contribution in [3.05, 3.63) is 30.3 Å². The van der Waals surface area contributed by atoms with Gasteiger partial charge in [0, 0.05) is 0 Å². The van der Waals surface area contributed by atoms with Crippen molar-refractivity contribution in [3.8, 4) is 0 Å². The summed E-state index contributed by atoms with van der Waals surface area (Å²) in [6.07, 6.45) is -4.14. The fraction of sp³-hybridized carbons (Fsp3) is 0.400. The van der Waals surface area contributed by atoms with Gasteiger partial charge in [0.2, 0.25) is 0 Å². The summed E-state index contributed by atoms with van der Waals surface area (Å²) in [4.78, 5) is 0. The molecule has 0 aliphatic rings. The number of alkyl halides is 3. The van der Waals surface area contributed by atoms with E-state index in [1.807, 2.05) is 0 Å². The van der Waals surface area contributed by atoms with E-state index < -0.39 is 12.7 Å². The number of benzene rings is 1. The predicted molar refractivity (Wildman–Crippen MR) is 52.9 cm³/mol. The second kappa shape index (κ2) is 4.63. The molecular formula is C10H14F3NO. The Morgan fingerprint density at radius 3 is 1.93 bits per heavy atom. The lowest BCUT2D eigenvalue weighted by atomic mass is 10.2. The van der Waals surface area contributed by atoms with Crippen molar-refractivity contribution in [2.24, 2.45) is 0 Å². The normalized spacial score (nSPS) is 12.1. The summed E-state index contributed by atoms with van der Waals surface area (Å²) in [5.41, 5.74) is 0.657. The zero-order valence-electron chi connectivity index (χ0n) is 8.62. The van der Waals surface area contributed by atoms with E-state index in [-0.39, 0.29) is 9.96 Å². The van der Waals surface area contributed by atoms with Crippen LogP contribution in [0.1, 0.15) is 0 Å². The minimum absolute atomic E-state index is 0. The molecule has 0 aliphatic carbocycles. The highest BCUT2D eigenvalue weighted by molar-refractivity contribution is 5.41. The van der Waals surface area contributed by atoms with E-state index in [0.717, 1.165) is 0 Å². The Morgan fingerprint density at radius 2 is 1.53 bits per heavy atom. The van der Waals surface area contributed by atoms with Crippen LogP contribution in [0.15, 0.2) is 30.3 Å².